The standard InChI is InChI=1S/C21H17ClN4O5S2/c1-30-17-10-12(7-8-16(17)31-11-13-5-3-4-6-15(13)22)9-14-18(23)26-20(24-19(14)27)32-21(25-26)33(2,28)29/h3-10,23H,11H2,1-2H3/b14-9-,23-18?. The zero-order valence-corrected chi connectivity index (χ0v) is 19.8. The van der Waals surface area contributed by atoms with Gasteiger partial charge in [0.1, 0.15) is 6.61 Å². The largest absolute Gasteiger partial charge is 0.493 e. The van der Waals surface area contributed by atoms with Crippen molar-refractivity contribution in [3.63, 3.8) is 0 Å². The number of nitrogens with one attached hydrogen (secondary N) is 1. The molecule has 4 rings (SSSR count). The van der Waals surface area contributed by atoms with Gasteiger partial charge >= 0.3 is 0 Å². The van der Waals surface area contributed by atoms with Crippen LogP contribution in [-0.4, -0.2) is 48.1 Å². The number of hydrogen-bond donors (Lipinski definition) is 1. The summed E-state index contributed by atoms with van der Waals surface area (Å²) in [6, 6.07) is 12.4. The maximum absolute atomic E-state index is 12.5. The monoisotopic (exact) mass is 504 g/mol. The fourth-order valence-electron chi connectivity index (χ4n) is 2.96. The van der Waals surface area contributed by atoms with E-state index >= 15 is 0 Å². The molecule has 0 saturated carbocycles. The van der Waals surface area contributed by atoms with E-state index in [0.717, 1.165) is 28.6 Å². The normalized spacial score (nSPS) is 17.1. The van der Waals surface area contributed by atoms with Crippen molar-refractivity contribution in [3.8, 4) is 11.5 Å². The van der Waals surface area contributed by atoms with Crippen LogP contribution in [-0.2, 0) is 21.2 Å². The Morgan fingerprint density at radius 1 is 1.21 bits per heavy atom. The Morgan fingerprint density at radius 2 is 1.97 bits per heavy atom. The molecule has 170 valence electrons. The summed E-state index contributed by atoms with van der Waals surface area (Å²) >= 11 is 6.90. The number of hydrazone groups is 1. The van der Waals surface area contributed by atoms with Crippen molar-refractivity contribution in [2.75, 3.05) is 13.4 Å². The Bertz CT molecular complexity index is 1370. The fourth-order valence-corrected chi connectivity index (χ4v) is 4.83. The van der Waals surface area contributed by atoms with Gasteiger partial charge in [0.05, 0.1) is 12.7 Å². The van der Waals surface area contributed by atoms with Crippen LogP contribution in [0.5, 0.6) is 11.5 Å². The quantitative estimate of drug-likeness (QED) is 0.618. The van der Waals surface area contributed by atoms with Crippen LogP contribution in [0.25, 0.3) is 6.08 Å². The molecule has 2 aromatic carbocycles. The number of carbonyl (C=O) groups excluding carboxylic acids is 1. The van der Waals surface area contributed by atoms with Gasteiger partial charge in [-0.05, 0) is 41.6 Å². The Labute approximate surface area is 199 Å². The van der Waals surface area contributed by atoms with Gasteiger partial charge in [0, 0.05) is 16.8 Å². The van der Waals surface area contributed by atoms with E-state index < -0.39 is 15.7 Å². The maximum Gasteiger partial charge on any atom is 0.283 e. The first-order valence-corrected chi connectivity index (χ1v) is 12.5. The van der Waals surface area contributed by atoms with Crippen LogP contribution in [0.3, 0.4) is 0 Å². The molecule has 2 heterocycles. The van der Waals surface area contributed by atoms with Gasteiger partial charge in [-0.1, -0.05) is 35.9 Å². The molecule has 0 unspecified atom stereocenters. The molecular formula is C21H17ClN4O5S2. The molecule has 2 aliphatic rings. The summed E-state index contributed by atoms with van der Waals surface area (Å²) in [5.74, 6) is -0.0383. The molecule has 2 aromatic rings. The highest BCUT2D eigenvalue weighted by molar-refractivity contribution is 8.42. The van der Waals surface area contributed by atoms with Gasteiger partial charge in [-0.2, -0.15) is 10.0 Å². The van der Waals surface area contributed by atoms with Crippen LogP contribution in [0, 0.1) is 5.41 Å². The van der Waals surface area contributed by atoms with Gasteiger partial charge in [0.25, 0.3) is 5.91 Å². The predicted octanol–water partition coefficient (Wildman–Crippen LogP) is 3.55. The van der Waals surface area contributed by atoms with E-state index in [9.17, 15) is 13.2 Å². The van der Waals surface area contributed by atoms with Gasteiger partial charge < -0.3 is 9.47 Å². The number of carbonyl (C=O) groups is 1. The predicted molar refractivity (Wildman–Crippen MR) is 129 cm³/mol. The summed E-state index contributed by atoms with van der Waals surface area (Å²) < 4.78 is 34.6. The summed E-state index contributed by atoms with van der Waals surface area (Å²) in [6.45, 7) is 0.240. The number of thioether (sulfide) groups is 1. The molecule has 1 N–H and O–H groups in total. The minimum atomic E-state index is -3.60. The number of nitrogens with zero attached hydrogens (tertiary/aromatic N) is 3. The second-order valence-electron chi connectivity index (χ2n) is 6.95. The van der Waals surface area contributed by atoms with Gasteiger partial charge in [0.2, 0.25) is 19.4 Å². The van der Waals surface area contributed by atoms with Crippen molar-refractivity contribution in [1.29, 1.82) is 5.41 Å². The number of sulfone groups is 1. The number of aliphatic imine (C=N–C) groups is 1. The van der Waals surface area contributed by atoms with E-state index in [-0.39, 0.29) is 27.6 Å². The number of ether oxygens (including phenoxy) is 2. The molecular weight excluding hydrogens is 488 g/mol. The number of halogens is 1. The molecule has 0 aromatic heterocycles. The SMILES string of the molecule is COc1cc(/C=C2/C(=N)N3N=C(S(C)(=O)=O)SC3=NC2=O)ccc1OCc1ccccc1Cl. The van der Waals surface area contributed by atoms with E-state index in [4.69, 9.17) is 26.5 Å². The lowest BCUT2D eigenvalue weighted by molar-refractivity contribution is -0.114. The molecule has 0 radical (unpaired) electrons. The van der Waals surface area contributed by atoms with E-state index in [1.54, 1.807) is 24.3 Å². The highest BCUT2D eigenvalue weighted by Crippen LogP contribution is 2.33. The minimum Gasteiger partial charge on any atom is -0.493 e. The lowest BCUT2D eigenvalue weighted by atomic mass is 10.1. The van der Waals surface area contributed by atoms with Gasteiger partial charge in [-0.15, -0.1) is 5.10 Å². The molecule has 0 fully saturated rings. The van der Waals surface area contributed by atoms with E-state index in [1.165, 1.54) is 13.2 Å². The third kappa shape index (κ3) is 4.80. The van der Waals surface area contributed by atoms with Crippen LogP contribution >= 0.6 is 23.4 Å². The van der Waals surface area contributed by atoms with Crippen LogP contribution in [0.2, 0.25) is 5.02 Å². The van der Waals surface area contributed by atoms with E-state index in [0.29, 0.717) is 22.1 Å². The number of benzene rings is 2. The van der Waals surface area contributed by atoms with Crippen molar-refractivity contribution in [2.24, 2.45) is 10.1 Å². The highest BCUT2D eigenvalue weighted by Gasteiger charge is 2.38. The lowest BCUT2D eigenvalue weighted by Gasteiger charge is -2.20. The molecule has 2 aliphatic heterocycles. The molecule has 9 nitrogen and oxygen atoms in total. The molecule has 0 saturated heterocycles. The van der Waals surface area contributed by atoms with Crippen LogP contribution in [0.1, 0.15) is 11.1 Å². The first kappa shape index (κ1) is 23.0. The second-order valence-corrected chi connectivity index (χ2v) is 10.5. The number of hydrogen-bond acceptors (Lipinski definition) is 8. The van der Waals surface area contributed by atoms with Crippen molar-refractivity contribution in [3.05, 3.63) is 64.2 Å². The smallest absolute Gasteiger partial charge is 0.283 e. The Hall–Kier alpha value is -3.15. The van der Waals surface area contributed by atoms with E-state index in [1.807, 2.05) is 18.2 Å². The van der Waals surface area contributed by atoms with Gasteiger partial charge in [-0.25, -0.2) is 8.42 Å². The average Bonchev–Trinajstić information content (AvgIpc) is 3.21. The second kappa shape index (κ2) is 9.00. The van der Waals surface area contributed by atoms with Crippen molar-refractivity contribution < 1.29 is 22.7 Å². The van der Waals surface area contributed by atoms with Gasteiger partial charge in [0.15, 0.2) is 17.3 Å². The summed E-state index contributed by atoms with van der Waals surface area (Å²) in [5, 5.41) is 13.9. The van der Waals surface area contributed by atoms with Crippen LogP contribution < -0.4 is 9.47 Å². The topological polar surface area (TPSA) is 121 Å². The molecule has 12 heteroatoms. The van der Waals surface area contributed by atoms with Gasteiger partial charge in [-0.3, -0.25) is 10.2 Å². The Morgan fingerprint density at radius 3 is 2.67 bits per heavy atom. The molecule has 0 spiro atoms. The third-order valence-corrected chi connectivity index (χ3v) is 7.54. The zero-order chi connectivity index (χ0) is 23.8. The first-order chi connectivity index (χ1) is 15.7. The number of amides is 1. The average molecular weight is 505 g/mol. The summed E-state index contributed by atoms with van der Waals surface area (Å²) in [4.78, 5) is 16.4. The third-order valence-electron chi connectivity index (χ3n) is 4.59. The summed E-state index contributed by atoms with van der Waals surface area (Å²) in [5.41, 5.74) is 1.34. The summed E-state index contributed by atoms with van der Waals surface area (Å²) in [6.07, 6.45) is 2.46. The maximum atomic E-state index is 12.5. The minimum absolute atomic E-state index is 0.0310. The molecule has 0 atom stereocenters. The number of amidine groups is 2. The molecule has 33 heavy (non-hydrogen) atoms. The summed E-state index contributed by atoms with van der Waals surface area (Å²) in [7, 11) is -2.11. The van der Waals surface area contributed by atoms with Crippen molar-refractivity contribution in [1.82, 2.24) is 5.01 Å². The Kier molecular flexibility index (Phi) is 6.28. The first-order valence-electron chi connectivity index (χ1n) is 9.42. The van der Waals surface area contributed by atoms with E-state index in [2.05, 4.69) is 10.1 Å². The zero-order valence-electron chi connectivity index (χ0n) is 17.4. The molecule has 0 bridgehead atoms. The fraction of sp³-hybridized carbons (Fsp3) is 0.143. The number of rotatable bonds is 5. The van der Waals surface area contributed by atoms with Crippen LogP contribution in [0.15, 0.2) is 58.1 Å². The molecule has 0 aliphatic carbocycles. The van der Waals surface area contributed by atoms with Crippen LogP contribution in [0.4, 0.5) is 0 Å². The van der Waals surface area contributed by atoms with Crippen molar-refractivity contribution >= 4 is 60.6 Å². The number of fused-ring (bicyclic) bond motifs is 1. The number of methoxy groups -OCH3 is 1. The Balaban J connectivity index is 1.59. The van der Waals surface area contributed by atoms with Crippen molar-refractivity contribution in [2.45, 2.75) is 6.61 Å². The highest BCUT2D eigenvalue weighted by atomic mass is 35.5. The lowest BCUT2D eigenvalue weighted by Crippen LogP contribution is -2.35. The molecule has 1 amide bonds.